The molecule has 7 rings (SSSR count). The molecule has 6 N–H and O–H groups in total. The van der Waals surface area contributed by atoms with Crippen LogP contribution in [0.5, 0.6) is 5.75 Å². The first-order valence-corrected chi connectivity index (χ1v) is 29.6. The Balaban J connectivity index is 0.787. The number of carbonyl (C=O) groups excluding carboxylic acids is 4. The van der Waals surface area contributed by atoms with Crippen molar-refractivity contribution in [2.24, 2.45) is 5.41 Å². The molecule has 4 heterocycles. The van der Waals surface area contributed by atoms with Crippen LogP contribution in [0.4, 0.5) is 28.8 Å². The lowest BCUT2D eigenvalue weighted by Crippen LogP contribution is -2.57. The second-order valence-corrected chi connectivity index (χ2v) is 25.4. The van der Waals surface area contributed by atoms with Gasteiger partial charge in [0.1, 0.15) is 30.0 Å². The van der Waals surface area contributed by atoms with E-state index in [-0.39, 0.29) is 55.6 Å². The van der Waals surface area contributed by atoms with Crippen molar-refractivity contribution in [3.8, 4) is 16.2 Å². The van der Waals surface area contributed by atoms with Gasteiger partial charge in [0.25, 0.3) is 0 Å². The molecule has 4 amide bonds. The summed E-state index contributed by atoms with van der Waals surface area (Å²) in [5, 5.41) is 27.2. The smallest absolute Gasteiger partial charge is 0.246 e. The molecular formula is C55H72ClN10O7PS. The first-order valence-electron chi connectivity index (χ1n) is 25.8. The van der Waals surface area contributed by atoms with Crippen molar-refractivity contribution in [2.45, 2.75) is 123 Å². The Morgan fingerprint density at radius 3 is 2.27 bits per heavy atom. The number of methoxy groups -OCH3 is 1. The number of hydrogen-bond acceptors (Lipinski definition) is 14. The average molecular weight is 1080 g/mol. The van der Waals surface area contributed by atoms with Gasteiger partial charge in [-0.3, -0.25) is 19.2 Å². The lowest BCUT2D eigenvalue weighted by atomic mass is 9.85. The fraction of sp³-hybridized carbons (Fsp3) is 0.473. The standard InChI is InChI=1S/C55H72ClN10O7PS/c1-35-49(75-34-59-35)37-21-19-36(20-22-37)31-57-52(70)44-30-40(67)33-66(44)53(71)50(55(2,3)4)63-48(69)18-12-10-8-9-11-17-47(68)60-38-25-27-65(28-26-38)39-23-24-42(45(29-39)73-5)62-54-58-32-41(56)51(64-54)61-43-15-13-14-16-46(43)74(6,7)72/h13-16,19-24,29,32,34,38,40,44,50,67H,8-12,17-18,25-28,30-31,33H2,1-7H3,(H,57,70)(H,60,68)(H,63,69)(H2,58,61,62,64)/t40-,44+,50?/m1/s1. The highest BCUT2D eigenvalue weighted by molar-refractivity contribution is 7.70. The van der Waals surface area contributed by atoms with Crippen molar-refractivity contribution in [2.75, 3.05) is 55.6 Å². The highest BCUT2D eigenvalue weighted by atomic mass is 35.5. The van der Waals surface area contributed by atoms with E-state index in [2.05, 4.69) is 46.4 Å². The summed E-state index contributed by atoms with van der Waals surface area (Å²) in [5.74, 6) is 0.357. The molecule has 0 saturated carbocycles. The topological polar surface area (TPSA) is 220 Å². The number of para-hydroxylation sites is 1. The average Bonchev–Trinajstić information content (AvgIpc) is 4.00. The SMILES string of the molecule is COc1cc(N2CCC(NC(=O)CCCCCCCC(=O)NC(C(=O)N3C[C@H](O)C[C@H]3C(=O)NCc3ccc(-c4scnc4C)cc3)C(C)(C)C)CC2)ccc1Nc1ncc(Cl)c(Nc2ccccc2P(C)(C)=O)n1. The van der Waals surface area contributed by atoms with E-state index in [1.54, 1.807) is 31.8 Å². The lowest BCUT2D eigenvalue weighted by molar-refractivity contribution is -0.144. The van der Waals surface area contributed by atoms with Gasteiger partial charge in [-0.1, -0.05) is 88.0 Å². The van der Waals surface area contributed by atoms with Gasteiger partial charge in [-0.2, -0.15) is 4.98 Å². The summed E-state index contributed by atoms with van der Waals surface area (Å²) < 4.78 is 18.7. The van der Waals surface area contributed by atoms with E-state index in [9.17, 15) is 28.8 Å². The molecule has 17 nitrogen and oxygen atoms in total. The number of carbonyl (C=O) groups is 4. The number of nitrogens with zero attached hydrogens (tertiary/aromatic N) is 5. The maximum absolute atomic E-state index is 14.1. The zero-order chi connectivity index (χ0) is 53.9. The van der Waals surface area contributed by atoms with Gasteiger partial charge in [0, 0.05) is 68.5 Å². The number of aliphatic hydroxyl groups is 1. The molecule has 20 heteroatoms. The van der Waals surface area contributed by atoms with E-state index in [4.69, 9.17) is 16.3 Å². The minimum Gasteiger partial charge on any atom is -0.494 e. The molecule has 0 bridgehead atoms. The number of unbranched alkanes of at least 4 members (excludes halogenated alkanes) is 4. The van der Waals surface area contributed by atoms with Gasteiger partial charge in [-0.25, -0.2) is 9.97 Å². The molecule has 3 atom stereocenters. The summed E-state index contributed by atoms with van der Waals surface area (Å²) >= 11 is 8.05. The predicted molar refractivity (Wildman–Crippen MR) is 299 cm³/mol. The number of aliphatic hydroxyl groups excluding tert-OH is 1. The largest absolute Gasteiger partial charge is 0.494 e. The maximum Gasteiger partial charge on any atom is 0.246 e. The third kappa shape index (κ3) is 15.5. The van der Waals surface area contributed by atoms with Gasteiger partial charge < -0.3 is 50.8 Å². The molecule has 2 aliphatic rings. The number of aryl methyl sites for hydroxylation is 1. The Bertz CT molecular complexity index is 2830. The van der Waals surface area contributed by atoms with Crippen LogP contribution in [0.25, 0.3) is 10.4 Å². The van der Waals surface area contributed by atoms with Crippen molar-refractivity contribution >= 4 is 87.8 Å². The number of thiazole rings is 1. The fourth-order valence-corrected chi connectivity index (χ4v) is 11.6. The van der Waals surface area contributed by atoms with Crippen LogP contribution in [0.2, 0.25) is 5.02 Å². The number of aromatic nitrogens is 3. The minimum atomic E-state index is -2.57. The number of nitrogens with one attached hydrogen (secondary N) is 5. The first kappa shape index (κ1) is 56.7. The van der Waals surface area contributed by atoms with E-state index in [1.807, 2.05) is 99.9 Å². The van der Waals surface area contributed by atoms with E-state index in [1.165, 1.54) is 11.1 Å². The van der Waals surface area contributed by atoms with Crippen LogP contribution in [-0.4, -0.2) is 113 Å². The zero-order valence-electron chi connectivity index (χ0n) is 44.1. The molecular weight excluding hydrogens is 1010 g/mol. The van der Waals surface area contributed by atoms with E-state index < -0.39 is 30.7 Å². The van der Waals surface area contributed by atoms with Crippen LogP contribution in [0.3, 0.4) is 0 Å². The van der Waals surface area contributed by atoms with Crippen molar-refractivity contribution in [3.05, 3.63) is 94.7 Å². The molecule has 2 aliphatic heterocycles. The van der Waals surface area contributed by atoms with Crippen molar-refractivity contribution in [3.63, 3.8) is 0 Å². The highest BCUT2D eigenvalue weighted by Crippen LogP contribution is 2.39. The number of hydrogen-bond donors (Lipinski definition) is 6. The molecule has 0 spiro atoms. The number of likely N-dealkylation sites (tertiary alicyclic amines) is 1. The van der Waals surface area contributed by atoms with Gasteiger partial charge in [0.2, 0.25) is 29.6 Å². The molecule has 75 heavy (non-hydrogen) atoms. The van der Waals surface area contributed by atoms with Gasteiger partial charge in [-0.05, 0) is 86.7 Å². The molecule has 5 aromatic rings. The monoisotopic (exact) mass is 1080 g/mol. The van der Waals surface area contributed by atoms with Crippen molar-refractivity contribution < 1.29 is 33.6 Å². The van der Waals surface area contributed by atoms with Gasteiger partial charge >= 0.3 is 0 Å². The molecule has 1 unspecified atom stereocenters. The first-order chi connectivity index (χ1) is 35.8. The predicted octanol–water partition coefficient (Wildman–Crippen LogP) is 8.93. The number of halogens is 1. The number of anilines is 5. The van der Waals surface area contributed by atoms with Gasteiger partial charge in [-0.15, -0.1) is 11.3 Å². The molecule has 0 aliphatic carbocycles. The number of β-amino-alcohol motifs (C(OH)–C–C–N with tert-alkyl or cyclic N) is 1. The van der Waals surface area contributed by atoms with Crippen LogP contribution in [0, 0.1) is 12.3 Å². The Hall–Kier alpha value is -6.07. The van der Waals surface area contributed by atoms with E-state index >= 15 is 0 Å². The highest BCUT2D eigenvalue weighted by Gasteiger charge is 2.44. The second kappa shape index (κ2) is 25.6. The third-order valence-electron chi connectivity index (χ3n) is 13.7. The van der Waals surface area contributed by atoms with Crippen LogP contribution in [0.15, 0.2) is 78.4 Å². The van der Waals surface area contributed by atoms with Gasteiger partial charge in [0.15, 0.2) is 5.82 Å². The summed E-state index contributed by atoms with van der Waals surface area (Å²) in [4.78, 5) is 71.8. The summed E-state index contributed by atoms with van der Waals surface area (Å²) in [7, 11) is -0.966. The number of rotatable bonds is 22. The zero-order valence-corrected chi connectivity index (χ0v) is 46.5. The molecule has 3 aromatic carbocycles. The molecule has 2 saturated heterocycles. The second-order valence-electron chi connectivity index (χ2n) is 20.9. The summed E-state index contributed by atoms with van der Waals surface area (Å²) in [6.45, 7) is 12.9. The van der Waals surface area contributed by atoms with Crippen LogP contribution in [0.1, 0.15) is 96.2 Å². The maximum atomic E-state index is 14.1. The fourth-order valence-electron chi connectivity index (χ4n) is 9.49. The number of amides is 4. The Kier molecular flexibility index (Phi) is 19.4. The van der Waals surface area contributed by atoms with Crippen molar-refractivity contribution in [1.82, 2.24) is 35.8 Å². The third-order valence-corrected chi connectivity index (χ3v) is 16.5. The lowest BCUT2D eigenvalue weighted by Gasteiger charge is -2.35. The Morgan fingerprint density at radius 1 is 0.907 bits per heavy atom. The number of benzene rings is 3. The van der Waals surface area contributed by atoms with Crippen molar-refractivity contribution in [1.29, 1.82) is 0 Å². The van der Waals surface area contributed by atoms with E-state index in [0.717, 1.165) is 79.0 Å². The molecule has 402 valence electrons. The quantitative estimate of drug-likeness (QED) is 0.0282. The van der Waals surface area contributed by atoms with Crippen LogP contribution >= 0.6 is 30.1 Å². The number of ether oxygens (including phenoxy) is 1. The van der Waals surface area contributed by atoms with E-state index in [0.29, 0.717) is 52.1 Å². The summed E-state index contributed by atoms with van der Waals surface area (Å²) in [5.41, 5.74) is 6.43. The Labute approximate surface area is 449 Å². The minimum absolute atomic E-state index is 0.0122. The normalized spacial score (nSPS) is 16.5. The summed E-state index contributed by atoms with van der Waals surface area (Å²) in [6, 6.07) is 19.5. The van der Waals surface area contributed by atoms with Crippen LogP contribution in [-0.2, 0) is 30.3 Å². The summed E-state index contributed by atoms with van der Waals surface area (Å²) in [6.07, 6.45) is 7.01. The van der Waals surface area contributed by atoms with Crippen LogP contribution < -0.4 is 41.5 Å². The Morgan fingerprint density at radius 2 is 1.60 bits per heavy atom. The number of piperidine rings is 1. The molecule has 2 aromatic heterocycles. The molecule has 0 radical (unpaired) electrons. The molecule has 2 fully saturated rings. The van der Waals surface area contributed by atoms with Gasteiger partial charge in [0.05, 0.1) is 46.9 Å².